The number of pyridine rings is 1. The van der Waals surface area contributed by atoms with E-state index in [1.807, 2.05) is 0 Å². The fourth-order valence-electron chi connectivity index (χ4n) is 0.868. The van der Waals surface area contributed by atoms with Crippen molar-refractivity contribution < 1.29 is 13.9 Å². The second-order valence-corrected chi connectivity index (χ2v) is 2.63. The van der Waals surface area contributed by atoms with Crippen LogP contribution in [0.2, 0.25) is 0 Å². The van der Waals surface area contributed by atoms with Crippen LogP contribution in [-0.4, -0.2) is 10.1 Å². The highest BCUT2D eigenvalue weighted by Crippen LogP contribution is 2.29. The van der Waals surface area contributed by atoms with Gasteiger partial charge in [-0.05, 0) is 6.07 Å². The van der Waals surface area contributed by atoms with Crippen LogP contribution >= 0.6 is 11.6 Å². The summed E-state index contributed by atoms with van der Waals surface area (Å²) >= 11 is 5.37. The summed E-state index contributed by atoms with van der Waals surface area (Å²) in [6, 6.07) is 0.880. The largest absolute Gasteiger partial charge is 0.504 e. The molecular formula is C7H7ClF2N2O. The molecule has 0 aliphatic heterocycles. The van der Waals surface area contributed by atoms with Crippen LogP contribution in [0, 0.1) is 0 Å². The molecule has 3 nitrogen and oxygen atoms in total. The van der Waals surface area contributed by atoms with Gasteiger partial charge in [-0.25, -0.2) is 13.8 Å². The molecule has 0 amide bonds. The summed E-state index contributed by atoms with van der Waals surface area (Å²) in [5.41, 5.74) is 4.81. The van der Waals surface area contributed by atoms with E-state index in [1.54, 1.807) is 0 Å². The molecule has 13 heavy (non-hydrogen) atoms. The van der Waals surface area contributed by atoms with Gasteiger partial charge in [-0.3, -0.25) is 0 Å². The zero-order valence-corrected chi connectivity index (χ0v) is 7.22. The van der Waals surface area contributed by atoms with Crippen molar-refractivity contribution in [3.8, 4) is 5.75 Å². The lowest BCUT2D eigenvalue weighted by Crippen LogP contribution is -2.00. The first kappa shape index (κ1) is 9.98. The number of nitrogens with zero attached hydrogens (tertiary/aromatic N) is 1. The summed E-state index contributed by atoms with van der Waals surface area (Å²) in [6.07, 6.45) is -2.72. The third-order valence-electron chi connectivity index (χ3n) is 1.50. The van der Waals surface area contributed by atoms with Crippen LogP contribution < -0.4 is 5.73 Å². The van der Waals surface area contributed by atoms with Gasteiger partial charge in [-0.2, -0.15) is 0 Å². The average molecular weight is 209 g/mol. The zero-order valence-electron chi connectivity index (χ0n) is 6.47. The van der Waals surface area contributed by atoms with E-state index in [-0.39, 0.29) is 23.0 Å². The Labute approximate surface area is 78.1 Å². The predicted octanol–water partition coefficient (Wildman–Crippen LogP) is 2.05. The van der Waals surface area contributed by atoms with Gasteiger partial charge in [0, 0.05) is 5.56 Å². The lowest BCUT2D eigenvalue weighted by molar-refractivity contribution is 0.149. The lowest BCUT2D eigenvalue weighted by Gasteiger charge is -2.07. The van der Waals surface area contributed by atoms with Crippen molar-refractivity contribution in [1.29, 1.82) is 0 Å². The second kappa shape index (κ2) is 3.74. The van der Waals surface area contributed by atoms with Gasteiger partial charge in [-0.15, -0.1) is 11.6 Å². The molecule has 0 aromatic carbocycles. The van der Waals surface area contributed by atoms with Gasteiger partial charge in [0.1, 0.15) is 0 Å². The first-order valence-corrected chi connectivity index (χ1v) is 3.92. The van der Waals surface area contributed by atoms with E-state index in [9.17, 15) is 8.78 Å². The lowest BCUT2D eigenvalue weighted by atomic mass is 10.2. The Morgan fingerprint density at radius 1 is 1.62 bits per heavy atom. The van der Waals surface area contributed by atoms with Gasteiger partial charge in [0.2, 0.25) is 0 Å². The highest BCUT2D eigenvalue weighted by atomic mass is 35.5. The van der Waals surface area contributed by atoms with E-state index >= 15 is 0 Å². The number of nitrogens with two attached hydrogens (primary N) is 1. The standard InChI is InChI=1S/C7H7ClF2N2O/c8-2-4-3(6(9)10)1-5(13)7(11)12-4/h1,6,13H,2H2,(H2,11,12). The van der Waals surface area contributed by atoms with Crippen LogP contribution in [0.3, 0.4) is 0 Å². The number of aromatic hydroxyl groups is 1. The molecule has 0 aliphatic carbocycles. The third kappa shape index (κ3) is 1.98. The van der Waals surface area contributed by atoms with Crippen molar-refractivity contribution in [2.24, 2.45) is 0 Å². The van der Waals surface area contributed by atoms with Crippen LogP contribution in [-0.2, 0) is 5.88 Å². The molecule has 0 saturated heterocycles. The van der Waals surface area contributed by atoms with E-state index in [0.717, 1.165) is 6.07 Å². The summed E-state index contributed by atoms with van der Waals surface area (Å²) in [7, 11) is 0. The normalized spacial score (nSPS) is 10.8. The number of aromatic nitrogens is 1. The zero-order chi connectivity index (χ0) is 10.0. The molecule has 3 N–H and O–H groups in total. The van der Waals surface area contributed by atoms with Crippen LogP contribution in [0.15, 0.2) is 6.07 Å². The van der Waals surface area contributed by atoms with Crippen LogP contribution in [0.25, 0.3) is 0 Å². The first-order chi connectivity index (χ1) is 6.06. The summed E-state index contributed by atoms with van der Waals surface area (Å²) in [5.74, 6) is -0.811. The van der Waals surface area contributed by atoms with E-state index in [4.69, 9.17) is 22.4 Å². The topological polar surface area (TPSA) is 59.1 Å². The number of nitrogen functional groups attached to an aromatic ring is 1. The molecule has 0 aliphatic rings. The smallest absolute Gasteiger partial charge is 0.265 e. The fraction of sp³-hybridized carbons (Fsp3) is 0.286. The minimum atomic E-state index is -2.72. The highest BCUT2D eigenvalue weighted by Gasteiger charge is 2.16. The molecule has 1 rings (SSSR count). The Hall–Kier alpha value is -1.10. The summed E-state index contributed by atoms with van der Waals surface area (Å²) in [5, 5.41) is 9.01. The van der Waals surface area contributed by atoms with Gasteiger partial charge >= 0.3 is 0 Å². The summed E-state index contributed by atoms with van der Waals surface area (Å²) < 4.78 is 24.6. The van der Waals surface area contributed by atoms with Crippen molar-refractivity contribution >= 4 is 17.4 Å². The van der Waals surface area contributed by atoms with Gasteiger partial charge < -0.3 is 10.8 Å². The number of hydrogen-bond acceptors (Lipinski definition) is 3. The number of anilines is 1. The van der Waals surface area contributed by atoms with Crippen molar-refractivity contribution in [3.05, 3.63) is 17.3 Å². The second-order valence-electron chi connectivity index (χ2n) is 2.36. The number of halogens is 3. The Balaban J connectivity index is 3.25. The minimum absolute atomic E-state index is 0.00744. The molecule has 0 spiro atoms. The molecule has 0 atom stereocenters. The van der Waals surface area contributed by atoms with Gasteiger partial charge in [0.15, 0.2) is 11.6 Å². The molecule has 0 bridgehead atoms. The maximum absolute atomic E-state index is 12.3. The van der Waals surface area contributed by atoms with Crippen LogP contribution in [0.4, 0.5) is 14.6 Å². The van der Waals surface area contributed by atoms with Crippen LogP contribution in [0.1, 0.15) is 17.7 Å². The molecule has 1 aromatic rings. The Morgan fingerprint density at radius 2 is 2.23 bits per heavy atom. The summed E-state index contributed by atoms with van der Waals surface area (Å²) in [4.78, 5) is 3.53. The quantitative estimate of drug-likeness (QED) is 0.732. The van der Waals surface area contributed by atoms with Gasteiger partial charge in [-0.1, -0.05) is 0 Å². The molecule has 1 heterocycles. The van der Waals surface area contributed by atoms with Crippen molar-refractivity contribution in [2.45, 2.75) is 12.3 Å². The predicted molar refractivity (Wildman–Crippen MR) is 44.8 cm³/mol. The monoisotopic (exact) mass is 208 g/mol. The van der Waals surface area contributed by atoms with E-state index in [1.165, 1.54) is 0 Å². The van der Waals surface area contributed by atoms with E-state index in [2.05, 4.69) is 4.98 Å². The molecule has 1 aromatic heterocycles. The summed E-state index contributed by atoms with van der Waals surface area (Å²) in [6.45, 7) is 0. The molecule has 6 heteroatoms. The SMILES string of the molecule is Nc1nc(CCl)c(C(F)F)cc1O. The highest BCUT2D eigenvalue weighted by molar-refractivity contribution is 6.17. The Morgan fingerprint density at radius 3 is 2.69 bits per heavy atom. The van der Waals surface area contributed by atoms with E-state index in [0.29, 0.717) is 0 Å². The van der Waals surface area contributed by atoms with Crippen molar-refractivity contribution in [3.63, 3.8) is 0 Å². The van der Waals surface area contributed by atoms with Crippen LogP contribution in [0.5, 0.6) is 5.75 Å². The van der Waals surface area contributed by atoms with Gasteiger partial charge in [0.05, 0.1) is 11.6 Å². The number of rotatable bonds is 2. The Kier molecular flexibility index (Phi) is 2.87. The molecule has 0 radical (unpaired) electrons. The van der Waals surface area contributed by atoms with Crippen molar-refractivity contribution in [1.82, 2.24) is 4.98 Å². The average Bonchev–Trinajstić information content (AvgIpc) is 2.08. The molecule has 0 fully saturated rings. The minimum Gasteiger partial charge on any atom is -0.504 e. The third-order valence-corrected chi connectivity index (χ3v) is 1.76. The fourth-order valence-corrected chi connectivity index (χ4v) is 1.08. The maximum Gasteiger partial charge on any atom is 0.265 e. The van der Waals surface area contributed by atoms with Gasteiger partial charge in [0.25, 0.3) is 6.43 Å². The molecule has 0 unspecified atom stereocenters. The number of hydrogen-bond donors (Lipinski definition) is 2. The molecular weight excluding hydrogens is 202 g/mol. The first-order valence-electron chi connectivity index (χ1n) is 3.38. The van der Waals surface area contributed by atoms with E-state index < -0.39 is 12.2 Å². The maximum atomic E-state index is 12.3. The molecule has 0 saturated carbocycles. The van der Waals surface area contributed by atoms with Crippen molar-refractivity contribution in [2.75, 3.05) is 5.73 Å². The Bertz CT molecular complexity index is 320. The molecule has 72 valence electrons. The number of alkyl halides is 3.